The molecule has 24 heavy (non-hydrogen) atoms. The molecule has 0 amide bonds. The summed E-state index contributed by atoms with van der Waals surface area (Å²) in [4.78, 5) is 3.13. The van der Waals surface area contributed by atoms with Gasteiger partial charge in [0.15, 0.2) is 0 Å². The van der Waals surface area contributed by atoms with E-state index in [1.54, 1.807) is 0 Å². The second-order valence-corrected chi connectivity index (χ2v) is 5.94. The monoisotopic (exact) mass is 420 g/mol. The molecule has 0 saturated carbocycles. The summed E-state index contributed by atoms with van der Waals surface area (Å²) in [6.45, 7) is 0. The number of aromatic nitrogens is 1. The van der Waals surface area contributed by atoms with E-state index in [1.807, 2.05) is 24.4 Å². The molecule has 8 heteroatoms. The van der Waals surface area contributed by atoms with Gasteiger partial charge in [0.1, 0.15) is 5.75 Å². The predicted molar refractivity (Wildman–Crippen MR) is 92.4 cm³/mol. The summed E-state index contributed by atoms with van der Waals surface area (Å²) in [5.41, 5.74) is 8.76. The minimum Gasteiger partial charge on any atom is -0.406 e. The van der Waals surface area contributed by atoms with Gasteiger partial charge in [-0.2, -0.15) is 0 Å². The Hall–Kier alpha value is -1.70. The summed E-state index contributed by atoms with van der Waals surface area (Å²) in [6, 6.07) is 10.9. The van der Waals surface area contributed by atoms with E-state index in [-0.39, 0.29) is 18.2 Å². The van der Waals surface area contributed by atoms with Crippen LogP contribution >= 0.6 is 28.3 Å². The number of benzene rings is 2. The summed E-state index contributed by atoms with van der Waals surface area (Å²) in [5.74, 6) is -0.268. The van der Waals surface area contributed by atoms with Gasteiger partial charge < -0.3 is 15.5 Å². The lowest BCUT2D eigenvalue weighted by atomic mass is 9.99. The molecule has 3 nitrogen and oxygen atoms in total. The third kappa shape index (κ3) is 4.03. The Bertz CT molecular complexity index is 833. The number of hydrogen-bond donors (Lipinski definition) is 2. The molecular weight excluding hydrogens is 409 g/mol. The molecule has 1 atom stereocenters. The third-order valence-corrected chi connectivity index (χ3v) is 3.98. The largest absolute Gasteiger partial charge is 0.573 e. The van der Waals surface area contributed by atoms with Crippen LogP contribution < -0.4 is 10.5 Å². The second-order valence-electron chi connectivity index (χ2n) is 5.03. The predicted octanol–water partition coefficient (Wildman–Crippen LogP) is 5.30. The zero-order chi connectivity index (χ0) is 16.6. The van der Waals surface area contributed by atoms with Crippen molar-refractivity contribution in [2.24, 2.45) is 5.73 Å². The first-order chi connectivity index (χ1) is 10.8. The fourth-order valence-electron chi connectivity index (χ4n) is 2.43. The lowest BCUT2D eigenvalue weighted by molar-refractivity contribution is -0.274. The number of nitrogens with two attached hydrogens (primary N) is 1. The first-order valence-corrected chi connectivity index (χ1v) is 7.50. The van der Waals surface area contributed by atoms with Crippen LogP contribution in [0.5, 0.6) is 5.75 Å². The van der Waals surface area contributed by atoms with Gasteiger partial charge in [0.2, 0.25) is 0 Å². The molecule has 0 aliphatic carbocycles. The van der Waals surface area contributed by atoms with Crippen LogP contribution in [0.3, 0.4) is 0 Å². The standard InChI is InChI=1S/C16H12BrF3N2O.ClH/c17-10-3-6-14-12(7-10)13(8-22-14)15(21)9-1-4-11(5-2-9)23-16(18,19)20;/h1-8,15,22H,21H2;1H/t15-;/m1./s1. The number of hydrogen-bond acceptors (Lipinski definition) is 2. The van der Waals surface area contributed by atoms with Gasteiger partial charge in [-0.15, -0.1) is 25.6 Å². The molecule has 3 N–H and O–H groups in total. The molecule has 0 saturated heterocycles. The zero-order valence-corrected chi connectivity index (χ0v) is 14.5. The Labute approximate surface area is 150 Å². The van der Waals surface area contributed by atoms with Crippen molar-refractivity contribution in [1.29, 1.82) is 0 Å². The maximum Gasteiger partial charge on any atom is 0.573 e. The number of fused-ring (bicyclic) bond motifs is 1. The molecule has 3 aromatic rings. The van der Waals surface area contributed by atoms with E-state index < -0.39 is 12.4 Å². The van der Waals surface area contributed by atoms with Crippen LogP contribution in [0.25, 0.3) is 10.9 Å². The molecule has 1 aromatic heterocycles. The Morgan fingerprint density at radius 1 is 1.08 bits per heavy atom. The molecule has 1 heterocycles. The van der Waals surface area contributed by atoms with E-state index in [4.69, 9.17) is 5.73 Å². The fraction of sp³-hybridized carbons (Fsp3) is 0.125. The van der Waals surface area contributed by atoms with Crippen LogP contribution in [0.1, 0.15) is 17.2 Å². The van der Waals surface area contributed by atoms with Gasteiger partial charge in [0.05, 0.1) is 6.04 Å². The first-order valence-electron chi connectivity index (χ1n) is 6.71. The van der Waals surface area contributed by atoms with Gasteiger partial charge in [-0.25, -0.2) is 0 Å². The van der Waals surface area contributed by atoms with Gasteiger partial charge >= 0.3 is 6.36 Å². The second kappa shape index (κ2) is 7.04. The Morgan fingerprint density at radius 3 is 2.38 bits per heavy atom. The summed E-state index contributed by atoms with van der Waals surface area (Å²) in [6.07, 6.45) is -2.89. The summed E-state index contributed by atoms with van der Waals surface area (Å²) < 4.78 is 41.3. The van der Waals surface area contributed by atoms with Gasteiger partial charge in [-0.1, -0.05) is 28.1 Å². The molecule has 0 aliphatic rings. The van der Waals surface area contributed by atoms with E-state index in [0.717, 1.165) is 20.9 Å². The van der Waals surface area contributed by atoms with Crippen LogP contribution in [-0.4, -0.2) is 11.3 Å². The highest BCUT2D eigenvalue weighted by atomic mass is 79.9. The van der Waals surface area contributed by atoms with Crippen molar-refractivity contribution in [3.63, 3.8) is 0 Å². The summed E-state index contributed by atoms with van der Waals surface area (Å²) >= 11 is 3.42. The molecule has 0 spiro atoms. The highest BCUT2D eigenvalue weighted by Gasteiger charge is 2.31. The van der Waals surface area contributed by atoms with Crippen LogP contribution in [0.4, 0.5) is 13.2 Å². The molecule has 0 fully saturated rings. The number of H-pyrrole nitrogens is 1. The maximum absolute atomic E-state index is 12.2. The van der Waals surface area contributed by atoms with Crippen molar-refractivity contribution >= 4 is 39.2 Å². The third-order valence-electron chi connectivity index (χ3n) is 3.48. The number of halogens is 5. The van der Waals surface area contributed by atoms with E-state index >= 15 is 0 Å². The SMILES string of the molecule is Cl.N[C@H](c1ccc(OC(F)(F)F)cc1)c1c[nH]c2ccc(Br)cc12. The molecule has 0 unspecified atom stereocenters. The lowest BCUT2D eigenvalue weighted by Crippen LogP contribution is -2.17. The van der Waals surface area contributed by atoms with Crippen molar-refractivity contribution in [3.05, 3.63) is 64.3 Å². The summed E-state index contributed by atoms with van der Waals surface area (Å²) in [5, 5.41) is 0.961. The smallest absolute Gasteiger partial charge is 0.406 e. The molecule has 2 aromatic carbocycles. The molecular formula is C16H13BrClF3N2O. The molecule has 3 rings (SSSR count). The minimum absolute atomic E-state index is 0. The van der Waals surface area contributed by atoms with Gasteiger partial charge in [-0.3, -0.25) is 0 Å². The topological polar surface area (TPSA) is 51.0 Å². The normalized spacial score (nSPS) is 12.7. The van der Waals surface area contributed by atoms with Crippen LogP contribution in [0, 0.1) is 0 Å². The van der Waals surface area contributed by atoms with Crippen LogP contribution in [-0.2, 0) is 0 Å². The number of aromatic amines is 1. The quantitative estimate of drug-likeness (QED) is 0.603. The minimum atomic E-state index is -4.70. The van der Waals surface area contributed by atoms with Crippen molar-refractivity contribution in [2.45, 2.75) is 12.4 Å². The molecule has 0 bridgehead atoms. The number of alkyl halides is 3. The summed E-state index contributed by atoms with van der Waals surface area (Å²) in [7, 11) is 0. The lowest BCUT2D eigenvalue weighted by Gasteiger charge is -2.13. The number of rotatable bonds is 3. The van der Waals surface area contributed by atoms with E-state index in [1.165, 1.54) is 24.3 Å². The van der Waals surface area contributed by atoms with Crippen LogP contribution in [0.2, 0.25) is 0 Å². The van der Waals surface area contributed by atoms with Crippen LogP contribution in [0.15, 0.2) is 53.1 Å². The average Bonchev–Trinajstić information content (AvgIpc) is 2.88. The molecule has 0 radical (unpaired) electrons. The van der Waals surface area contributed by atoms with E-state index in [0.29, 0.717) is 5.56 Å². The molecule has 0 aliphatic heterocycles. The average molecular weight is 422 g/mol. The van der Waals surface area contributed by atoms with E-state index in [2.05, 4.69) is 25.7 Å². The Kier molecular flexibility index (Phi) is 5.47. The van der Waals surface area contributed by atoms with Crippen molar-refractivity contribution in [3.8, 4) is 5.75 Å². The maximum atomic E-state index is 12.2. The first kappa shape index (κ1) is 18.6. The Morgan fingerprint density at radius 2 is 1.75 bits per heavy atom. The highest BCUT2D eigenvalue weighted by molar-refractivity contribution is 9.10. The number of ether oxygens (including phenoxy) is 1. The van der Waals surface area contributed by atoms with Crippen molar-refractivity contribution in [2.75, 3.05) is 0 Å². The fourth-order valence-corrected chi connectivity index (χ4v) is 2.79. The zero-order valence-electron chi connectivity index (χ0n) is 12.1. The van der Waals surface area contributed by atoms with Gasteiger partial charge in [0, 0.05) is 21.6 Å². The van der Waals surface area contributed by atoms with E-state index in [9.17, 15) is 13.2 Å². The number of nitrogens with one attached hydrogen (secondary N) is 1. The van der Waals surface area contributed by atoms with Crippen molar-refractivity contribution < 1.29 is 17.9 Å². The highest BCUT2D eigenvalue weighted by Crippen LogP contribution is 2.31. The molecule has 128 valence electrons. The van der Waals surface area contributed by atoms with Gasteiger partial charge in [-0.05, 0) is 41.5 Å². The van der Waals surface area contributed by atoms with Gasteiger partial charge in [0.25, 0.3) is 0 Å². The van der Waals surface area contributed by atoms with Crippen molar-refractivity contribution in [1.82, 2.24) is 4.98 Å². The Balaban J connectivity index is 0.00000208.